The van der Waals surface area contributed by atoms with Crippen molar-refractivity contribution >= 4 is 17.9 Å². The first kappa shape index (κ1) is 21.4. The van der Waals surface area contributed by atoms with Gasteiger partial charge in [0.15, 0.2) is 0 Å². The Balaban J connectivity index is 1.43. The zero-order valence-corrected chi connectivity index (χ0v) is 17.9. The van der Waals surface area contributed by atoms with Crippen LogP contribution in [0.3, 0.4) is 0 Å². The van der Waals surface area contributed by atoms with Crippen LogP contribution in [0.2, 0.25) is 0 Å². The van der Waals surface area contributed by atoms with Gasteiger partial charge in [-0.1, -0.05) is 13.8 Å². The zero-order valence-electron chi connectivity index (χ0n) is 17.9. The smallest absolute Gasteiger partial charge is 0.415 e. The van der Waals surface area contributed by atoms with Crippen molar-refractivity contribution in [3.8, 4) is 11.6 Å². The lowest BCUT2D eigenvalue weighted by Crippen LogP contribution is -2.37. The Morgan fingerprint density at radius 3 is 2.59 bits per heavy atom. The molecule has 4 rings (SSSR count). The maximum Gasteiger partial charge on any atom is 0.415 e. The third-order valence-electron chi connectivity index (χ3n) is 5.04. The average molecular weight is 438 g/mol. The van der Waals surface area contributed by atoms with E-state index in [1.54, 1.807) is 23.4 Å². The Labute approximate surface area is 184 Å². The Bertz CT molecular complexity index is 1080. The molecular formula is C22H23FN6O3. The highest BCUT2D eigenvalue weighted by molar-refractivity contribution is 5.89. The first-order valence-corrected chi connectivity index (χ1v) is 10.2. The fourth-order valence-electron chi connectivity index (χ4n) is 3.24. The molecule has 1 aromatic carbocycles. The Kier molecular flexibility index (Phi) is 6.11. The lowest BCUT2D eigenvalue weighted by molar-refractivity contribution is 0.177. The van der Waals surface area contributed by atoms with Gasteiger partial charge in [-0.15, -0.1) is 0 Å². The van der Waals surface area contributed by atoms with E-state index >= 15 is 0 Å². The molecule has 2 atom stereocenters. The number of aromatic nitrogens is 4. The van der Waals surface area contributed by atoms with Crippen LogP contribution in [-0.2, 0) is 4.74 Å². The first-order chi connectivity index (χ1) is 15.4. The minimum absolute atomic E-state index is 0.0813. The summed E-state index contributed by atoms with van der Waals surface area (Å²) in [7, 11) is 0. The minimum Gasteiger partial charge on any atom is -0.447 e. The number of benzene rings is 1. The summed E-state index contributed by atoms with van der Waals surface area (Å²) in [6, 6.07) is 6.98. The SMILES string of the molecule is CC(C)[C@H]1COC(=O)N1c1ccnc(N[C@@H](C)c2cnc(Oc3ccc(F)cc3)cn2)n1. The van der Waals surface area contributed by atoms with Gasteiger partial charge in [0.25, 0.3) is 0 Å². The van der Waals surface area contributed by atoms with Crippen molar-refractivity contribution in [2.24, 2.45) is 5.92 Å². The van der Waals surface area contributed by atoms with Crippen LogP contribution < -0.4 is 15.0 Å². The molecule has 1 saturated heterocycles. The van der Waals surface area contributed by atoms with Gasteiger partial charge in [0.1, 0.15) is 24.0 Å². The summed E-state index contributed by atoms with van der Waals surface area (Å²) < 4.78 is 23.8. The summed E-state index contributed by atoms with van der Waals surface area (Å²) in [5.74, 6) is 1.46. The van der Waals surface area contributed by atoms with Crippen molar-refractivity contribution in [1.82, 2.24) is 19.9 Å². The van der Waals surface area contributed by atoms with E-state index in [9.17, 15) is 9.18 Å². The van der Waals surface area contributed by atoms with E-state index in [0.29, 0.717) is 29.8 Å². The van der Waals surface area contributed by atoms with Gasteiger partial charge >= 0.3 is 6.09 Å². The van der Waals surface area contributed by atoms with E-state index in [2.05, 4.69) is 25.3 Å². The van der Waals surface area contributed by atoms with Crippen molar-refractivity contribution in [3.05, 3.63) is 60.4 Å². The molecule has 32 heavy (non-hydrogen) atoms. The number of rotatable bonds is 7. The summed E-state index contributed by atoms with van der Waals surface area (Å²) in [6.45, 7) is 6.29. The number of amides is 1. The average Bonchev–Trinajstić information content (AvgIpc) is 3.18. The van der Waals surface area contributed by atoms with Crippen LogP contribution in [0.1, 0.15) is 32.5 Å². The molecule has 1 fully saturated rings. The Morgan fingerprint density at radius 2 is 1.91 bits per heavy atom. The second-order valence-corrected chi connectivity index (χ2v) is 7.70. The van der Waals surface area contributed by atoms with Crippen LogP contribution >= 0.6 is 0 Å². The molecular weight excluding hydrogens is 415 g/mol. The zero-order chi connectivity index (χ0) is 22.7. The van der Waals surface area contributed by atoms with Crippen molar-refractivity contribution in [2.45, 2.75) is 32.9 Å². The van der Waals surface area contributed by atoms with Crippen molar-refractivity contribution in [2.75, 3.05) is 16.8 Å². The molecule has 1 N–H and O–H groups in total. The molecule has 1 aliphatic heterocycles. The summed E-state index contributed by atoms with van der Waals surface area (Å²) in [4.78, 5) is 31.1. The fraction of sp³-hybridized carbons (Fsp3) is 0.318. The number of carbonyl (C=O) groups excluding carboxylic acids is 1. The molecule has 1 aliphatic rings. The highest BCUT2D eigenvalue weighted by atomic mass is 19.1. The maximum absolute atomic E-state index is 13.0. The monoisotopic (exact) mass is 438 g/mol. The van der Waals surface area contributed by atoms with Gasteiger partial charge in [-0.05, 0) is 43.2 Å². The molecule has 10 heteroatoms. The minimum atomic E-state index is -0.413. The van der Waals surface area contributed by atoms with Crippen LogP contribution in [0.5, 0.6) is 11.6 Å². The summed E-state index contributed by atoms with van der Waals surface area (Å²) in [5.41, 5.74) is 0.645. The molecule has 0 radical (unpaired) electrons. The lowest BCUT2D eigenvalue weighted by atomic mass is 10.0. The Hall–Kier alpha value is -3.82. The van der Waals surface area contributed by atoms with Crippen molar-refractivity contribution in [3.63, 3.8) is 0 Å². The normalized spacial score (nSPS) is 16.7. The van der Waals surface area contributed by atoms with Crippen LogP contribution in [0.15, 0.2) is 48.9 Å². The summed E-state index contributed by atoms with van der Waals surface area (Å²) in [5, 5.41) is 3.17. The number of cyclic esters (lactones) is 1. The van der Waals surface area contributed by atoms with Gasteiger partial charge in [0.2, 0.25) is 11.8 Å². The summed E-state index contributed by atoms with van der Waals surface area (Å²) >= 11 is 0. The highest BCUT2D eigenvalue weighted by Crippen LogP contribution is 2.27. The van der Waals surface area contributed by atoms with Crippen LogP contribution in [0.25, 0.3) is 0 Å². The van der Waals surface area contributed by atoms with Crippen LogP contribution in [0.4, 0.5) is 21.0 Å². The maximum atomic E-state index is 13.0. The van der Waals surface area contributed by atoms with E-state index in [4.69, 9.17) is 9.47 Å². The van der Waals surface area contributed by atoms with Crippen molar-refractivity contribution in [1.29, 1.82) is 0 Å². The number of nitrogens with one attached hydrogen (secondary N) is 1. The van der Waals surface area contributed by atoms with Crippen LogP contribution in [0, 0.1) is 11.7 Å². The number of carbonyl (C=O) groups is 1. The molecule has 166 valence electrons. The van der Waals surface area contributed by atoms with Gasteiger partial charge in [-0.3, -0.25) is 9.88 Å². The van der Waals surface area contributed by atoms with Gasteiger partial charge in [-0.25, -0.2) is 19.2 Å². The topological polar surface area (TPSA) is 102 Å². The Morgan fingerprint density at radius 1 is 1.12 bits per heavy atom. The number of halogens is 1. The van der Waals surface area contributed by atoms with Gasteiger partial charge < -0.3 is 14.8 Å². The fourth-order valence-corrected chi connectivity index (χ4v) is 3.24. The van der Waals surface area contributed by atoms with Crippen LogP contribution in [-0.4, -0.2) is 38.7 Å². The lowest BCUT2D eigenvalue weighted by Gasteiger charge is -2.23. The van der Waals surface area contributed by atoms with E-state index < -0.39 is 6.09 Å². The predicted molar refractivity (Wildman–Crippen MR) is 115 cm³/mol. The van der Waals surface area contributed by atoms with E-state index in [0.717, 1.165) is 0 Å². The number of hydrogen-bond donors (Lipinski definition) is 1. The van der Waals surface area contributed by atoms with E-state index in [1.165, 1.54) is 30.5 Å². The molecule has 9 nitrogen and oxygen atoms in total. The number of hydrogen-bond acceptors (Lipinski definition) is 8. The molecule has 0 spiro atoms. The molecule has 3 heterocycles. The number of nitrogens with zero attached hydrogens (tertiary/aromatic N) is 5. The van der Waals surface area contributed by atoms with Gasteiger partial charge in [0, 0.05) is 6.20 Å². The molecule has 0 aliphatic carbocycles. The van der Waals surface area contributed by atoms with Gasteiger partial charge in [0.05, 0.1) is 30.2 Å². The van der Waals surface area contributed by atoms with E-state index in [-0.39, 0.29) is 29.7 Å². The highest BCUT2D eigenvalue weighted by Gasteiger charge is 2.37. The first-order valence-electron chi connectivity index (χ1n) is 10.2. The number of anilines is 2. The molecule has 1 amide bonds. The third kappa shape index (κ3) is 4.74. The second-order valence-electron chi connectivity index (χ2n) is 7.70. The molecule has 0 unspecified atom stereocenters. The number of ether oxygens (including phenoxy) is 2. The van der Waals surface area contributed by atoms with Crippen molar-refractivity contribution < 1.29 is 18.7 Å². The van der Waals surface area contributed by atoms with Gasteiger partial charge in [-0.2, -0.15) is 4.98 Å². The molecule has 2 aromatic heterocycles. The molecule has 0 bridgehead atoms. The predicted octanol–water partition coefficient (Wildman–Crippen LogP) is 4.35. The molecule has 3 aromatic rings. The second kappa shape index (κ2) is 9.13. The quantitative estimate of drug-likeness (QED) is 0.581. The van der Waals surface area contributed by atoms with E-state index in [1.807, 2.05) is 20.8 Å². The largest absolute Gasteiger partial charge is 0.447 e. The standard InChI is InChI=1S/C22H23FN6O3/c1-13(2)18-12-31-22(30)29(18)19-8-9-24-21(28-19)27-14(3)17-10-26-20(11-25-17)32-16-6-4-15(23)5-7-16/h4-11,13-14,18H,12H2,1-3H3,(H,24,27,28)/t14-,18+/m0/s1. The third-order valence-corrected chi connectivity index (χ3v) is 5.04. The molecule has 0 saturated carbocycles. The summed E-state index contributed by atoms with van der Waals surface area (Å²) in [6.07, 6.45) is 4.24.